The number of primary amides is 2. The van der Waals surface area contributed by atoms with E-state index in [-0.39, 0.29) is 18.7 Å². The van der Waals surface area contributed by atoms with Crippen LogP contribution < -0.4 is 11.5 Å². The van der Waals surface area contributed by atoms with Crippen LogP contribution in [0.1, 0.15) is 10.4 Å². The Morgan fingerprint density at radius 3 is 2.16 bits per heavy atom. The van der Waals surface area contributed by atoms with Crippen LogP contribution in [0, 0.1) is 3.57 Å². The fraction of sp³-hybridized carbons (Fsp3) is 0.182. The lowest BCUT2D eigenvalue weighted by Gasteiger charge is -2.20. The molecule has 0 fully saturated rings. The number of benzene rings is 1. The van der Waals surface area contributed by atoms with Gasteiger partial charge >= 0.3 is 0 Å². The van der Waals surface area contributed by atoms with Gasteiger partial charge in [-0.1, -0.05) is 11.6 Å². The summed E-state index contributed by atoms with van der Waals surface area (Å²) >= 11 is 7.77. The third-order valence-corrected chi connectivity index (χ3v) is 3.32. The van der Waals surface area contributed by atoms with E-state index in [2.05, 4.69) is 0 Å². The second kappa shape index (κ2) is 6.71. The van der Waals surface area contributed by atoms with Crippen LogP contribution in [0.2, 0.25) is 5.02 Å². The molecule has 0 bridgehead atoms. The highest BCUT2D eigenvalue weighted by Crippen LogP contribution is 2.19. The maximum Gasteiger partial charge on any atom is 0.255 e. The Bertz CT molecular complexity index is 520. The smallest absolute Gasteiger partial charge is 0.255 e. The first kappa shape index (κ1) is 15.7. The van der Waals surface area contributed by atoms with E-state index in [1.807, 2.05) is 22.6 Å². The fourth-order valence-corrected chi connectivity index (χ4v) is 2.15. The standard InChI is InChI=1S/C11H11ClIN3O3/c12-6-1-2-8(13)7(3-6)11(19)16(4-9(14)17)5-10(15)18/h1-3H,4-5H2,(H2,14,17)(H2,15,18). The monoisotopic (exact) mass is 395 g/mol. The summed E-state index contributed by atoms with van der Waals surface area (Å²) in [6, 6.07) is 4.75. The Kier molecular flexibility index (Phi) is 5.55. The number of hydrogen-bond acceptors (Lipinski definition) is 3. The molecule has 0 aliphatic carbocycles. The first-order valence-electron chi connectivity index (χ1n) is 5.12. The zero-order chi connectivity index (χ0) is 14.6. The molecule has 0 spiro atoms. The molecular weight excluding hydrogens is 384 g/mol. The topological polar surface area (TPSA) is 106 Å². The molecule has 0 radical (unpaired) electrons. The SMILES string of the molecule is NC(=O)CN(CC(N)=O)C(=O)c1cc(Cl)ccc1I. The number of nitrogens with two attached hydrogens (primary N) is 2. The number of hydrogen-bond donors (Lipinski definition) is 2. The maximum atomic E-state index is 12.2. The Balaban J connectivity index is 3.07. The minimum atomic E-state index is -0.730. The van der Waals surface area contributed by atoms with Crippen LogP contribution in [0.15, 0.2) is 18.2 Å². The summed E-state index contributed by atoms with van der Waals surface area (Å²) in [4.78, 5) is 35.1. The van der Waals surface area contributed by atoms with Crippen molar-refractivity contribution in [3.63, 3.8) is 0 Å². The first-order valence-corrected chi connectivity index (χ1v) is 6.58. The summed E-state index contributed by atoms with van der Waals surface area (Å²) < 4.78 is 0.644. The van der Waals surface area contributed by atoms with Crippen molar-refractivity contribution in [2.45, 2.75) is 0 Å². The van der Waals surface area contributed by atoms with Crippen LogP contribution >= 0.6 is 34.2 Å². The molecule has 0 saturated heterocycles. The molecule has 1 aromatic carbocycles. The van der Waals surface area contributed by atoms with Gasteiger partial charge in [-0.2, -0.15) is 0 Å². The lowest BCUT2D eigenvalue weighted by atomic mass is 10.2. The van der Waals surface area contributed by atoms with Crippen LogP contribution in [0.3, 0.4) is 0 Å². The number of carbonyl (C=O) groups excluding carboxylic acids is 3. The first-order chi connectivity index (χ1) is 8.81. The van der Waals surface area contributed by atoms with E-state index in [4.69, 9.17) is 23.1 Å². The van der Waals surface area contributed by atoms with Crippen LogP contribution in [0.4, 0.5) is 0 Å². The third kappa shape index (κ3) is 4.67. The third-order valence-electron chi connectivity index (χ3n) is 2.14. The lowest BCUT2D eigenvalue weighted by Crippen LogP contribution is -2.43. The minimum Gasteiger partial charge on any atom is -0.368 e. The van der Waals surface area contributed by atoms with E-state index in [1.165, 1.54) is 6.07 Å². The quantitative estimate of drug-likeness (QED) is 0.703. The van der Waals surface area contributed by atoms with Crippen molar-refractivity contribution in [2.24, 2.45) is 11.5 Å². The fourth-order valence-electron chi connectivity index (χ4n) is 1.41. The number of rotatable bonds is 5. The van der Waals surface area contributed by atoms with Crippen molar-refractivity contribution < 1.29 is 14.4 Å². The molecule has 0 aromatic heterocycles. The molecule has 6 nitrogen and oxygen atoms in total. The molecule has 8 heteroatoms. The van der Waals surface area contributed by atoms with Crippen LogP contribution in [-0.4, -0.2) is 35.7 Å². The maximum absolute atomic E-state index is 12.2. The highest BCUT2D eigenvalue weighted by Gasteiger charge is 2.21. The normalized spacial score (nSPS) is 10.0. The Morgan fingerprint density at radius 1 is 1.16 bits per heavy atom. The predicted molar refractivity (Wildman–Crippen MR) is 78.5 cm³/mol. The zero-order valence-electron chi connectivity index (χ0n) is 9.73. The summed E-state index contributed by atoms with van der Waals surface area (Å²) in [6.45, 7) is -0.769. The van der Waals surface area contributed by atoms with E-state index in [9.17, 15) is 14.4 Å². The molecule has 3 amide bonds. The van der Waals surface area contributed by atoms with Gasteiger partial charge in [-0.25, -0.2) is 0 Å². The average molecular weight is 396 g/mol. The molecule has 0 atom stereocenters. The van der Waals surface area contributed by atoms with Gasteiger partial charge in [0.15, 0.2) is 0 Å². The van der Waals surface area contributed by atoms with Gasteiger partial charge in [0, 0.05) is 8.59 Å². The minimum absolute atomic E-state index is 0.288. The summed E-state index contributed by atoms with van der Waals surface area (Å²) in [6.07, 6.45) is 0. The molecule has 1 rings (SSSR count). The van der Waals surface area contributed by atoms with Crippen molar-refractivity contribution in [1.29, 1.82) is 0 Å². The van der Waals surface area contributed by atoms with E-state index in [0.29, 0.717) is 8.59 Å². The van der Waals surface area contributed by atoms with Gasteiger partial charge in [-0.05, 0) is 40.8 Å². The predicted octanol–water partition coefficient (Wildman–Crippen LogP) is 0.357. The van der Waals surface area contributed by atoms with Crippen LogP contribution in [0.5, 0.6) is 0 Å². The molecule has 0 heterocycles. The largest absolute Gasteiger partial charge is 0.368 e. The Morgan fingerprint density at radius 2 is 1.68 bits per heavy atom. The van der Waals surface area contributed by atoms with Gasteiger partial charge in [-0.15, -0.1) is 0 Å². The van der Waals surface area contributed by atoms with Crippen LogP contribution in [-0.2, 0) is 9.59 Å². The molecule has 102 valence electrons. The zero-order valence-corrected chi connectivity index (χ0v) is 12.6. The summed E-state index contributed by atoms with van der Waals surface area (Å²) in [5.74, 6) is -1.98. The van der Waals surface area contributed by atoms with E-state index in [0.717, 1.165) is 4.90 Å². The molecule has 0 saturated carbocycles. The van der Waals surface area contributed by atoms with Gasteiger partial charge in [0.2, 0.25) is 11.8 Å². The Hall–Kier alpha value is -1.35. The molecular formula is C11H11ClIN3O3. The van der Waals surface area contributed by atoms with Crippen LogP contribution in [0.25, 0.3) is 0 Å². The average Bonchev–Trinajstić information content (AvgIpc) is 2.29. The van der Waals surface area contributed by atoms with E-state index in [1.54, 1.807) is 12.1 Å². The summed E-state index contributed by atoms with van der Waals surface area (Å²) in [5.41, 5.74) is 10.4. The number of halogens is 2. The van der Waals surface area contributed by atoms with Crippen molar-refractivity contribution in [3.05, 3.63) is 32.4 Å². The molecule has 19 heavy (non-hydrogen) atoms. The van der Waals surface area contributed by atoms with E-state index < -0.39 is 17.7 Å². The summed E-state index contributed by atoms with van der Waals surface area (Å²) in [7, 11) is 0. The molecule has 4 N–H and O–H groups in total. The second-order valence-electron chi connectivity index (χ2n) is 3.72. The Labute approximate surface area is 128 Å². The van der Waals surface area contributed by atoms with Gasteiger partial charge in [0.1, 0.15) is 13.1 Å². The second-order valence-corrected chi connectivity index (χ2v) is 5.32. The van der Waals surface area contributed by atoms with Crippen molar-refractivity contribution in [3.8, 4) is 0 Å². The molecule has 0 aliphatic rings. The van der Waals surface area contributed by atoms with Gasteiger partial charge in [0.25, 0.3) is 5.91 Å². The van der Waals surface area contributed by atoms with E-state index >= 15 is 0 Å². The highest BCUT2D eigenvalue weighted by molar-refractivity contribution is 14.1. The van der Waals surface area contributed by atoms with Crippen molar-refractivity contribution >= 4 is 51.9 Å². The van der Waals surface area contributed by atoms with Crippen molar-refractivity contribution in [2.75, 3.05) is 13.1 Å². The highest BCUT2D eigenvalue weighted by atomic mass is 127. The number of nitrogens with zero attached hydrogens (tertiary/aromatic N) is 1. The lowest BCUT2D eigenvalue weighted by molar-refractivity contribution is -0.121. The van der Waals surface area contributed by atoms with Gasteiger partial charge in [0.05, 0.1) is 5.56 Å². The molecule has 0 aliphatic heterocycles. The molecule has 1 aromatic rings. The molecule has 0 unspecified atom stereocenters. The van der Waals surface area contributed by atoms with Gasteiger partial charge in [-0.3, -0.25) is 14.4 Å². The summed E-state index contributed by atoms with van der Waals surface area (Å²) in [5, 5.41) is 0.377. The number of amides is 3. The van der Waals surface area contributed by atoms with Gasteiger partial charge < -0.3 is 16.4 Å². The van der Waals surface area contributed by atoms with Crippen molar-refractivity contribution in [1.82, 2.24) is 4.90 Å². The number of carbonyl (C=O) groups is 3.